The van der Waals surface area contributed by atoms with Gasteiger partial charge in [0.2, 0.25) is 5.88 Å². The second-order valence-corrected chi connectivity index (χ2v) is 4.33. The lowest BCUT2D eigenvalue weighted by Crippen LogP contribution is -2.45. The molecule has 1 N–H and O–H groups in total. The average Bonchev–Trinajstić information content (AvgIpc) is 2.50. The van der Waals surface area contributed by atoms with E-state index in [1.54, 1.807) is 6.20 Å². The van der Waals surface area contributed by atoms with Gasteiger partial charge in [-0.05, 0) is 14.1 Å². The van der Waals surface area contributed by atoms with Crippen LogP contribution in [-0.2, 0) is 7.05 Å². The molecule has 1 atom stereocenters. The second kappa shape index (κ2) is 3.83. The van der Waals surface area contributed by atoms with Crippen molar-refractivity contribution in [3.63, 3.8) is 0 Å². The Morgan fingerprint density at radius 1 is 1.33 bits per heavy atom. The van der Waals surface area contributed by atoms with E-state index in [-0.39, 0.29) is 11.9 Å². The van der Waals surface area contributed by atoms with Gasteiger partial charge in [-0.25, -0.2) is 0 Å². The van der Waals surface area contributed by atoms with Crippen LogP contribution in [0.1, 0.15) is 11.9 Å². The van der Waals surface area contributed by atoms with E-state index in [1.165, 1.54) is 0 Å². The van der Waals surface area contributed by atoms with Gasteiger partial charge in [-0.3, -0.25) is 4.90 Å². The quantitative estimate of drug-likeness (QED) is 0.711. The molecular weight excluding hydrogens is 192 g/mol. The predicted octanol–water partition coefficient (Wildman–Crippen LogP) is 0.0440. The number of imidazole rings is 1. The van der Waals surface area contributed by atoms with Crippen LogP contribution in [-0.4, -0.2) is 58.2 Å². The minimum Gasteiger partial charge on any atom is -0.492 e. The molecule has 0 amide bonds. The summed E-state index contributed by atoms with van der Waals surface area (Å²) in [5.74, 6) is 1.04. The number of aromatic hydroxyl groups is 1. The lowest BCUT2D eigenvalue weighted by molar-refractivity contribution is 0.108. The fraction of sp³-hybridized carbons (Fsp3) is 0.700. The van der Waals surface area contributed by atoms with E-state index < -0.39 is 0 Å². The van der Waals surface area contributed by atoms with Gasteiger partial charge in [0.1, 0.15) is 5.82 Å². The predicted molar refractivity (Wildman–Crippen MR) is 57.7 cm³/mol. The van der Waals surface area contributed by atoms with Crippen LogP contribution >= 0.6 is 0 Å². The van der Waals surface area contributed by atoms with E-state index in [0.29, 0.717) is 0 Å². The van der Waals surface area contributed by atoms with Crippen LogP contribution in [0.25, 0.3) is 0 Å². The smallest absolute Gasteiger partial charge is 0.229 e. The van der Waals surface area contributed by atoms with E-state index in [4.69, 9.17) is 0 Å². The molecule has 0 aromatic carbocycles. The molecule has 5 nitrogen and oxygen atoms in total. The van der Waals surface area contributed by atoms with Crippen LogP contribution in [0, 0.1) is 0 Å². The highest BCUT2D eigenvalue weighted by atomic mass is 16.3. The molecule has 84 valence electrons. The molecule has 2 heterocycles. The molecule has 2 rings (SSSR count). The first-order chi connectivity index (χ1) is 7.08. The van der Waals surface area contributed by atoms with Gasteiger partial charge in [0.25, 0.3) is 0 Å². The van der Waals surface area contributed by atoms with Crippen LogP contribution < -0.4 is 0 Å². The highest BCUT2D eigenvalue weighted by Crippen LogP contribution is 2.23. The summed E-state index contributed by atoms with van der Waals surface area (Å²) in [4.78, 5) is 8.74. The minimum atomic E-state index is 0.106. The number of hydrogen-bond acceptors (Lipinski definition) is 4. The number of aryl methyl sites for hydroxylation is 1. The zero-order valence-electron chi connectivity index (χ0n) is 9.51. The molecule has 5 heteroatoms. The largest absolute Gasteiger partial charge is 0.492 e. The molecule has 1 aliphatic rings. The normalized spacial score (nSPS) is 24.6. The first-order valence-corrected chi connectivity index (χ1v) is 5.19. The molecule has 1 saturated heterocycles. The monoisotopic (exact) mass is 210 g/mol. The number of hydrogen-bond donors (Lipinski definition) is 1. The van der Waals surface area contributed by atoms with Crippen LogP contribution in [0.5, 0.6) is 5.88 Å². The summed E-state index contributed by atoms with van der Waals surface area (Å²) < 4.78 is 1.90. The van der Waals surface area contributed by atoms with Crippen molar-refractivity contribution in [2.45, 2.75) is 6.04 Å². The van der Waals surface area contributed by atoms with E-state index in [1.807, 2.05) is 11.6 Å². The molecule has 1 aromatic heterocycles. The Morgan fingerprint density at radius 2 is 2.07 bits per heavy atom. The van der Waals surface area contributed by atoms with Crippen molar-refractivity contribution in [1.29, 1.82) is 0 Å². The summed E-state index contributed by atoms with van der Waals surface area (Å²) >= 11 is 0. The number of likely N-dealkylation sites (N-methyl/N-ethyl adjacent to an activating group) is 2. The Kier molecular flexibility index (Phi) is 2.67. The van der Waals surface area contributed by atoms with Gasteiger partial charge in [-0.15, -0.1) is 0 Å². The highest BCUT2D eigenvalue weighted by molar-refractivity contribution is 5.11. The molecule has 1 fully saturated rings. The summed E-state index contributed by atoms with van der Waals surface area (Å²) in [5.41, 5.74) is 0. The fourth-order valence-electron chi connectivity index (χ4n) is 2.06. The molecule has 1 aromatic rings. The minimum absolute atomic E-state index is 0.106. The SMILES string of the molecule is CN1CCN(C)C(c2nc(O)cn2C)C1. The summed E-state index contributed by atoms with van der Waals surface area (Å²) in [7, 11) is 6.14. The lowest BCUT2D eigenvalue weighted by Gasteiger charge is -2.37. The van der Waals surface area contributed by atoms with Crippen molar-refractivity contribution in [3.8, 4) is 5.88 Å². The van der Waals surface area contributed by atoms with Gasteiger partial charge in [0, 0.05) is 26.7 Å². The van der Waals surface area contributed by atoms with Crippen LogP contribution in [0.3, 0.4) is 0 Å². The number of nitrogens with zero attached hydrogens (tertiary/aromatic N) is 4. The third-order valence-electron chi connectivity index (χ3n) is 3.05. The van der Waals surface area contributed by atoms with E-state index in [2.05, 4.69) is 28.9 Å². The zero-order chi connectivity index (χ0) is 11.0. The first kappa shape index (κ1) is 10.4. The Balaban J connectivity index is 2.24. The van der Waals surface area contributed by atoms with Crippen molar-refractivity contribution in [3.05, 3.63) is 12.0 Å². The third-order valence-corrected chi connectivity index (χ3v) is 3.05. The van der Waals surface area contributed by atoms with Crippen LogP contribution in [0.15, 0.2) is 6.20 Å². The van der Waals surface area contributed by atoms with Crippen molar-refractivity contribution in [2.75, 3.05) is 33.7 Å². The van der Waals surface area contributed by atoms with E-state index in [0.717, 1.165) is 25.5 Å². The molecule has 0 aliphatic carbocycles. The van der Waals surface area contributed by atoms with Crippen LogP contribution in [0.4, 0.5) is 0 Å². The maximum absolute atomic E-state index is 9.35. The lowest BCUT2D eigenvalue weighted by atomic mass is 10.2. The maximum atomic E-state index is 9.35. The summed E-state index contributed by atoms with van der Waals surface area (Å²) in [6, 6.07) is 0.273. The molecule has 15 heavy (non-hydrogen) atoms. The number of piperazine rings is 1. The Labute approximate surface area is 89.9 Å². The highest BCUT2D eigenvalue weighted by Gasteiger charge is 2.27. The van der Waals surface area contributed by atoms with Gasteiger partial charge in [0.15, 0.2) is 0 Å². The Morgan fingerprint density at radius 3 is 2.67 bits per heavy atom. The average molecular weight is 210 g/mol. The molecule has 1 unspecified atom stereocenters. The van der Waals surface area contributed by atoms with Crippen molar-refractivity contribution in [2.24, 2.45) is 7.05 Å². The first-order valence-electron chi connectivity index (χ1n) is 5.19. The number of aromatic nitrogens is 2. The van der Waals surface area contributed by atoms with Gasteiger partial charge in [-0.1, -0.05) is 0 Å². The Hall–Kier alpha value is -1.07. The topological polar surface area (TPSA) is 44.5 Å². The van der Waals surface area contributed by atoms with Gasteiger partial charge >= 0.3 is 0 Å². The van der Waals surface area contributed by atoms with E-state index >= 15 is 0 Å². The zero-order valence-corrected chi connectivity index (χ0v) is 9.51. The standard InChI is InChI=1S/C10H18N4O/c1-12-4-5-13(2)8(6-12)10-11-9(15)7-14(10)3/h7-8,15H,4-6H2,1-3H3. The van der Waals surface area contributed by atoms with E-state index in [9.17, 15) is 5.11 Å². The summed E-state index contributed by atoms with van der Waals surface area (Å²) in [6.07, 6.45) is 1.65. The molecule has 1 aliphatic heterocycles. The van der Waals surface area contributed by atoms with Crippen molar-refractivity contribution >= 4 is 0 Å². The summed E-state index contributed by atoms with van der Waals surface area (Å²) in [6.45, 7) is 3.08. The second-order valence-electron chi connectivity index (χ2n) is 4.33. The molecule has 0 radical (unpaired) electrons. The van der Waals surface area contributed by atoms with Crippen LogP contribution in [0.2, 0.25) is 0 Å². The maximum Gasteiger partial charge on any atom is 0.229 e. The summed E-state index contributed by atoms with van der Waals surface area (Å²) in [5, 5.41) is 9.35. The van der Waals surface area contributed by atoms with Crippen molar-refractivity contribution in [1.82, 2.24) is 19.4 Å². The van der Waals surface area contributed by atoms with Gasteiger partial charge in [-0.2, -0.15) is 4.98 Å². The van der Waals surface area contributed by atoms with Crippen molar-refractivity contribution < 1.29 is 5.11 Å². The Bertz CT molecular complexity index is 349. The molecular formula is C10H18N4O. The fourth-order valence-corrected chi connectivity index (χ4v) is 2.06. The van der Waals surface area contributed by atoms with Gasteiger partial charge < -0.3 is 14.6 Å². The molecule has 0 spiro atoms. The molecule has 0 saturated carbocycles. The molecule has 0 bridgehead atoms. The number of rotatable bonds is 1. The van der Waals surface area contributed by atoms with Gasteiger partial charge in [0.05, 0.1) is 12.2 Å². The third kappa shape index (κ3) is 1.98.